The lowest BCUT2D eigenvalue weighted by Gasteiger charge is -2.22. The summed E-state index contributed by atoms with van der Waals surface area (Å²) in [6.45, 7) is 1.29. The summed E-state index contributed by atoms with van der Waals surface area (Å²) in [5.74, 6) is -1.99. The van der Waals surface area contributed by atoms with E-state index in [1.165, 1.54) is 31.2 Å². The predicted octanol–water partition coefficient (Wildman–Crippen LogP) is 1.69. The number of carbonyl (C=O) groups is 3. The molecule has 6 nitrogen and oxygen atoms in total. The molecule has 3 amide bonds. The van der Waals surface area contributed by atoms with Gasteiger partial charge in [-0.3, -0.25) is 14.4 Å². The van der Waals surface area contributed by atoms with Gasteiger partial charge in [-0.25, -0.2) is 4.39 Å². The van der Waals surface area contributed by atoms with E-state index < -0.39 is 35.6 Å². The van der Waals surface area contributed by atoms with Crippen LogP contribution in [0.3, 0.4) is 0 Å². The molecule has 28 heavy (non-hydrogen) atoms. The summed E-state index contributed by atoms with van der Waals surface area (Å²) in [7, 11) is 0. The molecule has 148 valence electrons. The highest BCUT2D eigenvalue weighted by Gasteiger charge is 2.26. The van der Waals surface area contributed by atoms with E-state index in [2.05, 4.69) is 33.2 Å². The Bertz CT molecular complexity index is 858. The van der Waals surface area contributed by atoms with E-state index in [1.54, 1.807) is 0 Å². The Morgan fingerprint density at radius 1 is 1.00 bits per heavy atom. The zero-order valence-corrected chi connectivity index (χ0v) is 17.4. The van der Waals surface area contributed by atoms with Crippen molar-refractivity contribution in [3.63, 3.8) is 0 Å². The van der Waals surface area contributed by atoms with Gasteiger partial charge in [0.15, 0.2) is 0 Å². The highest BCUT2D eigenvalue weighted by molar-refractivity contribution is 14.1. The number of halogens is 2. The van der Waals surface area contributed by atoms with Crippen LogP contribution in [-0.4, -0.2) is 29.8 Å². The molecule has 4 N–H and O–H groups in total. The second-order valence-electron chi connectivity index (χ2n) is 6.34. The molecule has 0 spiro atoms. The molecule has 0 aliphatic rings. The molecule has 0 radical (unpaired) electrons. The third-order valence-corrected chi connectivity index (χ3v) is 5.14. The predicted molar refractivity (Wildman–Crippen MR) is 112 cm³/mol. The normalized spacial score (nSPS) is 12.7. The molecule has 0 unspecified atom stereocenters. The third kappa shape index (κ3) is 6.59. The van der Waals surface area contributed by atoms with Crippen molar-refractivity contribution in [2.24, 2.45) is 5.73 Å². The van der Waals surface area contributed by atoms with Crippen LogP contribution in [0.4, 0.5) is 4.39 Å². The molecular weight excluding hydrogens is 476 g/mol. The van der Waals surface area contributed by atoms with E-state index in [9.17, 15) is 18.8 Å². The minimum atomic E-state index is -0.923. The van der Waals surface area contributed by atoms with E-state index in [4.69, 9.17) is 5.73 Å². The SMILES string of the molecule is CC(=O)N[C@@H](Cc1ccc(F)cc1)C(=O)N[C@H](Cc1ccccc1I)C(N)=O. The van der Waals surface area contributed by atoms with Gasteiger partial charge in [-0.05, 0) is 51.9 Å². The lowest BCUT2D eigenvalue weighted by Crippen LogP contribution is -2.54. The minimum absolute atomic E-state index is 0.153. The van der Waals surface area contributed by atoms with Gasteiger partial charge in [-0.15, -0.1) is 0 Å². The van der Waals surface area contributed by atoms with Crippen LogP contribution in [0.15, 0.2) is 48.5 Å². The molecule has 0 heterocycles. The third-order valence-electron chi connectivity index (χ3n) is 4.09. The van der Waals surface area contributed by atoms with Crippen LogP contribution in [0, 0.1) is 9.39 Å². The van der Waals surface area contributed by atoms with Crippen molar-refractivity contribution >= 4 is 40.3 Å². The molecule has 2 aromatic carbocycles. The summed E-state index contributed by atoms with van der Waals surface area (Å²) in [6.07, 6.45) is 0.392. The number of amides is 3. The van der Waals surface area contributed by atoms with Crippen LogP contribution < -0.4 is 16.4 Å². The molecule has 0 aromatic heterocycles. The van der Waals surface area contributed by atoms with Crippen molar-refractivity contribution < 1.29 is 18.8 Å². The topological polar surface area (TPSA) is 101 Å². The summed E-state index contributed by atoms with van der Waals surface area (Å²) in [6, 6.07) is 11.3. The quantitative estimate of drug-likeness (QED) is 0.484. The molecule has 0 fully saturated rings. The van der Waals surface area contributed by atoms with Crippen molar-refractivity contribution in [1.82, 2.24) is 10.6 Å². The number of hydrogen-bond acceptors (Lipinski definition) is 3. The van der Waals surface area contributed by atoms with Gasteiger partial charge >= 0.3 is 0 Å². The molecule has 0 saturated heterocycles. The van der Waals surface area contributed by atoms with E-state index in [-0.39, 0.29) is 12.8 Å². The lowest BCUT2D eigenvalue weighted by molar-refractivity contribution is -0.130. The highest BCUT2D eigenvalue weighted by atomic mass is 127. The number of primary amides is 1. The molecule has 2 atom stereocenters. The van der Waals surface area contributed by atoms with Gasteiger partial charge in [0.25, 0.3) is 0 Å². The maximum absolute atomic E-state index is 13.1. The van der Waals surface area contributed by atoms with Crippen molar-refractivity contribution in [2.45, 2.75) is 31.8 Å². The largest absolute Gasteiger partial charge is 0.368 e. The monoisotopic (exact) mass is 497 g/mol. The molecule has 0 saturated carbocycles. The van der Waals surface area contributed by atoms with Gasteiger partial charge in [0.1, 0.15) is 17.9 Å². The van der Waals surface area contributed by atoms with Gasteiger partial charge in [0.05, 0.1) is 0 Å². The molecule has 0 aliphatic carbocycles. The molecule has 8 heteroatoms. The number of nitrogens with two attached hydrogens (primary N) is 1. The van der Waals surface area contributed by atoms with E-state index >= 15 is 0 Å². The lowest BCUT2D eigenvalue weighted by atomic mass is 10.0. The van der Waals surface area contributed by atoms with Gasteiger partial charge in [-0.1, -0.05) is 30.3 Å². The van der Waals surface area contributed by atoms with Crippen LogP contribution in [-0.2, 0) is 27.2 Å². The van der Waals surface area contributed by atoms with Crippen LogP contribution in [0.25, 0.3) is 0 Å². The number of carbonyl (C=O) groups excluding carboxylic acids is 3. The fourth-order valence-corrected chi connectivity index (χ4v) is 3.30. The number of hydrogen-bond donors (Lipinski definition) is 3. The molecule has 0 aliphatic heterocycles. The molecule has 2 rings (SSSR count). The van der Waals surface area contributed by atoms with E-state index in [0.29, 0.717) is 5.56 Å². The van der Waals surface area contributed by atoms with Gasteiger partial charge in [0, 0.05) is 23.3 Å². The Kier molecular flexibility index (Phi) is 7.91. The van der Waals surface area contributed by atoms with E-state index in [0.717, 1.165) is 9.13 Å². The van der Waals surface area contributed by atoms with Crippen LogP contribution in [0.2, 0.25) is 0 Å². The van der Waals surface area contributed by atoms with Crippen LogP contribution in [0.1, 0.15) is 18.1 Å². The Morgan fingerprint density at radius 3 is 2.21 bits per heavy atom. The van der Waals surface area contributed by atoms with Crippen molar-refractivity contribution in [3.8, 4) is 0 Å². The minimum Gasteiger partial charge on any atom is -0.368 e. The second kappa shape index (κ2) is 10.2. The van der Waals surface area contributed by atoms with Gasteiger partial charge in [0.2, 0.25) is 17.7 Å². The molecule has 2 aromatic rings. The first kappa shape index (κ1) is 21.8. The Hall–Kier alpha value is -2.49. The summed E-state index contributed by atoms with van der Waals surface area (Å²) < 4.78 is 14.0. The summed E-state index contributed by atoms with van der Waals surface area (Å²) >= 11 is 2.15. The Labute approximate surface area is 176 Å². The second-order valence-corrected chi connectivity index (χ2v) is 7.50. The fourth-order valence-electron chi connectivity index (χ4n) is 2.69. The summed E-state index contributed by atoms with van der Waals surface area (Å²) in [4.78, 5) is 36.1. The molecular formula is C20H21FIN3O3. The summed E-state index contributed by atoms with van der Waals surface area (Å²) in [5, 5.41) is 5.19. The van der Waals surface area contributed by atoms with Gasteiger partial charge < -0.3 is 16.4 Å². The first-order valence-corrected chi connectivity index (χ1v) is 9.68. The first-order valence-electron chi connectivity index (χ1n) is 8.61. The van der Waals surface area contributed by atoms with Crippen molar-refractivity contribution in [3.05, 3.63) is 69.0 Å². The first-order chi connectivity index (χ1) is 13.3. The maximum atomic E-state index is 13.1. The summed E-state index contributed by atoms with van der Waals surface area (Å²) in [5.41, 5.74) is 7.02. The number of benzene rings is 2. The van der Waals surface area contributed by atoms with Crippen molar-refractivity contribution in [2.75, 3.05) is 0 Å². The fraction of sp³-hybridized carbons (Fsp3) is 0.250. The number of rotatable bonds is 8. The molecule has 0 bridgehead atoms. The van der Waals surface area contributed by atoms with Crippen LogP contribution >= 0.6 is 22.6 Å². The van der Waals surface area contributed by atoms with Crippen LogP contribution in [0.5, 0.6) is 0 Å². The standard InChI is InChI=1S/C20H21FIN3O3/c1-12(26)24-18(10-13-6-8-15(21)9-7-13)20(28)25-17(19(23)27)11-14-4-2-3-5-16(14)22/h2-9,17-18H,10-11H2,1H3,(H2,23,27)(H,24,26)(H,25,28)/t17-,18+/m1/s1. The van der Waals surface area contributed by atoms with Crippen molar-refractivity contribution in [1.29, 1.82) is 0 Å². The highest BCUT2D eigenvalue weighted by Crippen LogP contribution is 2.14. The zero-order chi connectivity index (χ0) is 20.7. The zero-order valence-electron chi connectivity index (χ0n) is 15.2. The average molecular weight is 497 g/mol. The van der Waals surface area contributed by atoms with E-state index in [1.807, 2.05) is 24.3 Å². The van der Waals surface area contributed by atoms with Gasteiger partial charge in [-0.2, -0.15) is 0 Å². The number of nitrogens with one attached hydrogen (secondary N) is 2. The maximum Gasteiger partial charge on any atom is 0.243 e. The smallest absolute Gasteiger partial charge is 0.243 e. The average Bonchev–Trinajstić information content (AvgIpc) is 2.63. The Morgan fingerprint density at radius 2 is 1.64 bits per heavy atom. The Balaban J connectivity index is 2.14.